The molecule has 0 bridgehead atoms. The quantitative estimate of drug-likeness (QED) is 0.870. The zero-order valence-electron chi connectivity index (χ0n) is 11.3. The number of piperidine rings is 1. The number of aromatic amines is 1. The molecule has 0 amide bonds. The number of H-pyrrole nitrogens is 1. The molecule has 2 aromatic heterocycles. The van der Waals surface area contributed by atoms with Gasteiger partial charge in [0, 0.05) is 43.9 Å². The van der Waals surface area contributed by atoms with E-state index in [2.05, 4.69) is 41.2 Å². The van der Waals surface area contributed by atoms with Crippen LogP contribution in [-0.4, -0.2) is 39.1 Å². The van der Waals surface area contributed by atoms with Crippen molar-refractivity contribution in [2.24, 2.45) is 0 Å². The number of hydrogen-bond donors (Lipinski definition) is 2. The highest BCUT2D eigenvalue weighted by molar-refractivity contribution is 9.10. The molecule has 3 heterocycles. The van der Waals surface area contributed by atoms with Crippen molar-refractivity contribution in [3.05, 3.63) is 39.6 Å². The number of nitrogens with one attached hydrogen (secondary N) is 2. The van der Waals surface area contributed by atoms with E-state index >= 15 is 0 Å². The third kappa shape index (κ3) is 3.38. The third-order valence-corrected chi connectivity index (χ3v) is 3.77. The average Bonchev–Trinajstić information content (AvgIpc) is 2.50. The lowest BCUT2D eigenvalue weighted by molar-refractivity contribution is 0.522. The first-order valence-electron chi connectivity index (χ1n) is 6.75. The summed E-state index contributed by atoms with van der Waals surface area (Å²) in [7, 11) is 0. The zero-order chi connectivity index (χ0) is 14.7. The highest BCUT2D eigenvalue weighted by atomic mass is 79.9. The molecule has 1 aliphatic heterocycles. The Morgan fingerprint density at radius 2 is 2.14 bits per heavy atom. The van der Waals surface area contributed by atoms with Crippen LogP contribution in [0.3, 0.4) is 0 Å². The van der Waals surface area contributed by atoms with E-state index in [-0.39, 0.29) is 11.6 Å². The van der Waals surface area contributed by atoms with E-state index in [0.29, 0.717) is 18.3 Å². The summed E-state index contributed by atoms with van der Waals surface area (Å²) in [6.45, 7) is 1.54. The molecule has 21 heavy (non-hydrogen) atoms. The van der Waals surface area contributed by atoms with Crippen molar-refractivity contribution >= 4 is 27.7 Å². The van der Waals surface area contributed by atoms with Gasteiger partial charge in [0.1, 0.15) is 0 Å². The minimum absolute atomic E-state index is 0.155. The van der Waals surface area contributed by atoms with Crippen molar-refractivity contribution in [1.82, 2.24) is 19.9 Å². The number of nitrogens with zero attached hydrogens (tertiary/aromatic N) is 4. The molecule has 3 rings (SSSR count). The summed E-state index contributed by atoms with van der Waals surface area (Å²) in [6.07, 6.45) is 8.57. The van der Waals surface area contributed by atoms with Gasteiger partial charge >= 0.3 is 0 Å². The van der Waals surface area contributed by atoms with Crippen LogP contribution in [0.2, 0.25) is 0 Å². The Morgan fingerprint density at radius 3 is 2.90 bits per heavy atom. The summed E-state index contributed by atoms with van der Waals surface area (Å²) in [4.78, 5) is 29.1. The lowest BCUT2D eigenvalue weighted by Gasteiger charge is -2.33. The Morgan fingerprint density at radius 1 is 1.33 bits per heavy atom. The van der Waals surface area contributed by atoms with Crippen LogP contribution in [0.25, 0.3) is 0 Å². The molecule has 2 N–H and O–H groups in total. The van der Waals surface area contributed by atoms with E-state index in [9.17, 15) is 4.79 Å². The van der Waals surface area contributed by atoms with Gasteiger partial charge in [-0.3, -0.25) is 4.79 Å². The van der Waals surface area contributed by atoms with Crippen molar-refractivity contribution in [1.29, 1.82) is 0 Å². The summed E-state index contributed by atoms with van der Waals surface area (Å²) in [5.41, 5.74) is -0.155. The largest absolute Gasteiger partial charge is 0.350 e. The Bertz CT molecular complexity index is 658. The average molecular weight is 351 g/mol. The van der Waals surface area contributed by atoms with Gasteiger partial charge in [-0.25, -0.2) is 15.0 Å². The molecule has 110 valence electrons. The summed E-state index contributed by atoms with van der Waals surface area (Å²) in [5, 5.41) is 3.30. The predicted octanol–water partition coefficient (Wildman–Crippen LogP) is 1.40. The fourth-order valence-electron chi connectivity index (χ4n) is 2.43. The molecule has 7 nitrogen and oxygen atoms in total. The maximum atomic E-state index is 11.8. The smallest absolute Gasteiger partial charge is 0.290 e. The molecule has 0 spiro atoms. The Kier molecular flexibility index (Phi) is 4.14. The summed E-state index contributed by atoms with van der Waals surface area (Å²) < 4.78 is 0.846. The Balaban J connectivity index is 1.70. The predicted molar refractivity (Wildman–Crippen MR) is 83.4 cm³/mol. The highest BCUT2D eigenvalue weighted by Gasteiger charge is 2.22. The van der Waals surface area contributed by atoms with E-state index in [1.54, 1.807) is 24.8 Å². The lowest BCUT2D eigenvalue weighted by Crippen LogP contribution is -2.44. The van der Waals surface area contributed by atoms with Crippen molar-refractivity contribution in [3.63, 3.8) is 0 Å². The van der Waals surface area contributed by atoms with Gasteiger partial charge in [0.25, 0.3) is 5.56 Å². The zero-order valence-corrected chi connectivity index (χ0v) is 12.9. The Hall–Kier alpha value is -1.96. The molecule has 1 saturated heterocycles. The van der Waals surface area contributed by atoms with Gasteiger partial charge in [0.15, 0.2) is 5.82 Å². The van der Waals surface area contributed by atoms with Crippen LogP contribution in [0, 0.1) is 0 Å². The number of anilines is 2. The maximum Gasteiger partial charge on any atom is 0.290 e. The molecule has 2 aromatic rings. The van der Waals surface area contributed by atoms with E-state index in [1.165, 1.54) is 0 Å². The van der Waals surface area contributed by atoms with E-state index < -0.39 is 0 Å². The summed E-state index contributed by atoms with van der Waals surface area (Å²) in [5.74, 6) is 1.07. The van der Waals surface area contributed by atoms with Gasteiger partial charge < -0.3 is 15.2 Å². The van der Waals surface area contributed by atoms with Gasteiger partial charge in [0.05, 0.1) is 4.47 Å². The topological polar surface area (TPSA) is 86.8 Å². The molecule has 0 unspecified atom stereocenters. The van der Waals surface area contributed by atoms with Gasteiger partial charge in [-0.2, -0.15) is 0 Å². The number of rotatable bonds is 3. The van der Waals surface area contributed by atoms with Gasteiger partial charge in [-0.05, 0) is 28.8 Å². The normalized spacial score (nSPS) is 18.5. The first-order chi connectivity index (χ1) is 10.2. The van der Waals surface area contributed by atoms with Gasteiger partial charge in [-0.15, -0.1) is 0 Å². The number of hydrogen-bond acceptors (Lipinski definition) is 6. The summed E-state index contributed by atoms with van der Waals surface area (Å²) in [6, 6.07) is 0.196. The van der Waals surface area contributed by atoms with Gasteiger partial charge in [-0.1, -0.05) is 0 Å². The second-order valence-electron chi connectivity index (χ2n) is 4.90. The van der Waals surface area contributed by atoms with Crippen LogP contribution in [0.15, 0.2) is 34.1 Å². The first kappa shape index (κ1) is 14.0. The first-order valence-corrected chi connectivity index (χ1v) is 7.54. The fourth-order valence-corrected chi connectivity index (χ4v) is 2.63. The van der Waals surface area contributed by atoms with E-state index in [0.717, 1.165) is 23.9 Å². The second kappa shape index (κ2) is 6.21. The minimum atomic E-state index is -0.155. The molecule has 1 aliphatic rings. The fraction of sp³-hybridized carbons (Fsp3) is 0.385. The van der Waals surface area contributed by atoms with Crippen LogP contribution < -0.4 is 15.8 Å². The third-order valence-electron chi connectivity index (χ3n) is 3.36. The molecular formula is C13H15BrN6O. The summed E-state index contributed by atoms with van der Waals surface area (Å²) >= 11 is 3.31. The van der Waals surface area contributed by atoms with Crippen LogP contribution in [0.1, 0.15) is 12.8 Å². The Labute approximate surface area is 130 Å². The number of halogens is 1. The monoisotopic (exact) mass is 350 g/mol. The SMILES string of the molecule is O=c1[nH]ccnc1N1CCC[C@H](Nc2ncc(Br)cn2)C1. The van der Waals surface area contributed by atoms with Crippen LogP contribution >= 0.6 is 15.9 Å². The van der Waals surface area contributed by atoms with Crippen LogP contribution in [0.4, 0.5) is 11.8 Å². The molecule has 1 fully saturated rings. The molecule has 8 heteroatoms. The van der Waals surface area contributed by atoms with Crippen molar-refractivity contribution < 1.29 is 0 Å². The van der Waals surface area contributed by atoms with Crippen molar-refractivity contribution in [2.75, 3.05) is 23.3 Å². The molecule has 0 aromatic carbocycles. The van der Waals surface area contributed by atoms with Gasteiger partial charge in [0.2, 0.25) is 5.95 Å². The van der Waals surface area contributed by atoms with E-state index in [4.69, 9.17) is 0 Å². The standard InChI is InChI=1S/C13H15BrN6O/c14-9-6-17-13(18-7-9)19-10-2-1-5-20(8-10)11-12(21)16-4-3-15-11/h3-4,6-7,10H,1-2,5,8H2,(H,16,21)(H,17,18,19)/t10-/m0/s1. The molecule has 1 atom stereocenters. The lowest BCUT2D eigenvalue weighted by atomic mass is 10.1. The highest BCUT2D eigenvalue weighted by Crippen LogP contribution is 2.17. The molecule has 0 radical (unpaired) electrons. The molecule has 0 saturated carbocycles. The van der Waals surface area contributed by atoms with E-state index in [1.807, 2.05) is 4.90 Å². The molecular weight excluding hydrogens is 336 g/mol. The van der Waals surface area contributed by atoms with Crippen LogP contribution in [0.5, 0.6) is 0 Å². The van der Waals surface area contributed by atoms with Crippen LogP contribution in [-0.2, 0) is 0 Å². The van der Waals surface area contributed by atoms with Crippen molar-refractivity contribution in [3.8, 4) is 0 Å². The molecule has 0 aliphatic carbocycles. The second-order valence-corrected chi connectivity index (χ2v) is 5.81. The minimum Gasteiger partial charge on any atom is -0.350 e. The number of aromatic nitrogens is 4. The maximum absolute atomic E-state index is 11.8. The van der Waals surface area contributed by atoms with Crippen molar-refractivity contribution in [2.45, 2.75) is 18.9 Å².